The van der Waals surface area contributed by atoms with Gasteiger partial charge in [0.15, 0.2) is 5.75 Å². The fourth-order valence-electron chi connectivity index (χ4n) is 2.40. The van der Waals surface area contributed by atoms with Gasteiger partial charge in [0.05, 0.1) is 10.6 Å². The number of halogens is 1. The second kappa shape index (κ2) is 5.73. The summed E-state index contributed by atoms with van der Waals surface area (Å²) in [7, 11) is 0. The summed E-state index contributed by atoms with van der Waals surface area (Å²) in [6.45, 7) is 0.883. The number of nitrogens with zero attached hydrogens (tertiary/aromatic N) is 1. The lowest BCUT2D eigenvalue weighted by atomic mass is 10.0. The van der Waals surface area contributed by atoms with Crippen molar-refractivity contribution in [1.82, 2.24) is 0 Å². The molecule has 108 valence electrons. The first kappa shape index (κ1) is 13.9. The van der Waals surface area contributed by atoms with E-state index in [1.807, 2.05) is 18.2 Å². The Balaban J connectivity index is 2.01. The van der Waals surface area contributed by atoms with Crippen LogP contribution in [0.3, 0.4) is 0 Å². The Morgan fingerprint density at radius 2 is 2.10 bits per heavy atom. The summed E-state index contributed by atoms with van der Waals surface area (Å²) in [6, 6.07) is 10.4. The normalized spacial score (nSPS) is 13.2. The molecule has 0 radical (unpaired) electrons. The summed E-state index contributed by atoms with van der Waals surface area (Å²) >= 11 is 3.32. The molecule has 0 unspecified atom stereocenters. The summed E-state index contributed by atoms with van der Waals surface area (Å²) < 4.78 is 6.55. The van der Waals surface area contributed by atoms with E-state index in [0.29, 0.717) is 5.75 Å². The minimum atomic E-state index is -0.440. The predicted octanol–water partition coefficient (Wildman–Crippen LogP) is 4.51. The Morgan fingerprint density at radius 1 is 1.24 bits per heavy atom. The van der Waals surface area contributed by atoms with Crippen molar-refractivity contribution in [2.75, 3.05) is 11.9 Å². The maximum atomic E-state index is 11.1. The van der Waals surface area contributed by atoms with Crippen molar-refractivity contribution in [3.05, 3.63) is 56.5 Å². The van der Waals surface area contributed by atoms with E-state index in [0.717, 1.165) is 29.5 Å². The van der Waals surface area contributed by atoms with Crippen LogP contribution in [0.2, 0.25) is 0 Å². The summed E-state index contributed by atoms with van der Waals surface area (Å²) in [5, 5.41) is 14.4. The largest absolute Gasteiger partial charge is 0.448 e. The molecule has 2 aromatic carbocycles. The molecule has 2 aromatic rings. The molecule has 0 saturated carbocycles. The average molecular weight is 349 g/mol. The first-order valence-corrected chi connectivity index (χ1v) is 7.42. The highest BCUT2D eigenvalue weighted by molar-refractivity contribution is 9.10. The highest BCUT2D eigenvalue weighted by Crippen LogP contribution is 2.39. The lowest BCUT2D eigenvalue weighted by Crippen LogP contribution is -2.12. The molecule has 1 aliphatic rings. The molecule has 3 rings (SSSR count). The van der Waals surface area contributed by atoms with Crippen LogP contribution in [0.15, 0.2) is 40.9 Å². The fourth-order valence-corrected chi connectivity index (χ4v) is 2.74. The van der Waals surface area contributed by atoms with E-state index in [-0.39, 0.29) is 11.4 Å². The number of benzene rings is 2. The minimum absolute atomic E-state index is 0.0494. The molecule has 0 fully saturated rings. The predicted molar refractivity (Wildman–Crippen MR) is 84.1 cm³/mol. The minimum Gasteiger partial charge on any atom is -0.448 e. The number of nitrogens with one attached hydrogen (secondary N) is 1. The number of nitro groups is 1. The van der Waals surface area contributed by atoms with Gasteiger partial charge in [-0.25, -0.2) is 0 Å². The third-order valence-corrected chi connectivity index (χ3v) is 3.87. The number of ether oxygens (including phenoxy) is 1. The van der Waals surface area contributed by atoms with Crippen molar-refractivity contribution >= 4 is 27.3 Å². The zero-order chi connectivity index (χ0) is 14.8. The molecule has 6 heteroatoms. The van der Waals surface area contributed by atoms with Crippen LogP contribution in [0.1, 0.15) is 12.0 Å². The second-order valence-corrected chi connectivity index (χ2v) is 5.71. The number of hydrogen-bond acceptors (Lipinski definition) is 4. The monoisotopic (exact) mass is 348 g/mol. The standard InChI is InChI=1S/C15H13BrN2O3/c16-11-6-7-12(18(19)20)14(9-11)21-13-5-1-3-10-4-2-8-17-15(10)13/h1,3,5-7,9,17H,2,4,8H2. The zero-order valence-electron chi connectivity index (χ0n) is 11.1. The van der Waals surface area contributed by atoms with Crippen molar-refractivity contribution in [2.24, 2.45) is 0 Å². The van der Waals surface area contributed by atoms with Crippen LogP contribution < -0.4 is 10.1 Å². The van der Waals surface area contributed by atoms with Crippen LogP contribution in [0.4, 0.5) is 11.4 Å². The quantitative estimate of drug-likeness (QED) is 0.654. The molecular formula is C15H13BrN2O3. The lowest BCUT2D eigenvalue weighted by molar-refractivity contribution is -0.385. The second-order valence-electron chi connectivity index (χ2n) is 4.79. The Morgan fingerprint density at radius 3 is 2.90 bits per heavy atom. The Kier molecular flexibility index (Phi) is 3.79. The summed E-state index contributed by atoms with van der Waals surface area (Å²) in [6.07, 6.45) is 2.06. The molecule has 0 bridgehead atoms. The van der Waals surface area contributed by atoms with Gasteiger partial charge in [0.2, 0.25) is 5.75 Å². The van der Waals surface area contributed by atoms with Crippen LogP contribution in [0, 0.1) is 10.1 Å². The summed E-state index contributed by atoms with van der Waals surface area (Å²) in [4.78, 5) is 10.7. The van der Waals surface area contributed by atoms with Crippen LogP contribution in [0.5, 0.6) is 11.5 Å². The third-order valence-electron chi connectivity index (χ3n) is 3.38. The smallest absolute Gasteiger partial charge is 0.311 e. The van der Waals surface area contributed by atoms with Gasteiger partial charge in [-0.2, -0.15) is 0 Å². The lowest BCUT2D eigenvalue weighted by Gasteiger charge is -2.21. The van der Waals surface area contributed by atoms with Gasteiger partial charge >= 0.3 is 5.69 Å². The van der Waals surface area contributed by atoms with Gasteiger partial charge in [-0.1, -0.05) is 28.1 Å². The van der Waals surface area contributed by atoms with Gasteiger partial charge in [0.1, 0.15) is 0 Å². The van der Waals surface area contributed by atoms with Crippen molar-refractivity contribution in [3.8, 4) is 11.5 Å². The van der Waals surface area contributed by atoms with Gasteiger partial charge in [0, 0.05) is 23.2 Å². The molecule has 5 nitrogen and oxygen atoms in total. The number of aryl methyl sites for hydroxylation is 1. The Labute approximate surface area is 130 Å². The van der Waals surface area contributed by atoms with E-state index < -0.39 is 4.92 Å². The number of hydrogen-bond donors (Lipinski definition) is 1. The zero-order valence-corrected chi connectivity index (χ0v) is 12.7. The third kappa shape index (κ3) is 2.85. The Bertz CT molecular complexity index is 703. The summed E-state index contributed by atoms with van der Waals surface area (Å²) in [5.74, 6) is 0.851. The molecule has 0 saturated heterocycles. The number of anilines is 1. The van der Waals surface area contributed by atoms with Gasteiger partial charge in [-0.15, -0.1) is 0 Å². The molecule has 21 heavy (non-hydrogen) atoms. The Hall–Kier alpha value is -2.08. The highest BCUT2D eigenvalue weighted by Gasteiger charge is 2.19. The van der Waals surface area contributed by atoms with Crippen molar-refractivity contribution in [3.63, 3.8) is 0 Å². The number of fused-ring (bicyclic) bond motifs is 1. The van der Waals surface area contributed by atoms with Gasteiger partial charge in [0.25, 0.3) is 0 Å². The van der Waals surface area contributed by atoms with E-state index >= 15 is 0 Å². The van der Waals surface area contributed by atoms with Gasteiger partial charge in [-0.05, 0) is 30.5 Å². The summed E-state index contributed by atoms with van der Waals surface area (Å²) in [5.41, 5.74) is 2.06. The van der Waals surface area contributed by atoms with E-state index in [1.54, 1.807) is 12.1 Å². The molecular weight excluding hydrogens is 336 g/mol. The molecule has 0 atom stereocenters. The van der Waals surface area contributed by atoms with Crippen LogP contribution >= 0.6 is 15.9 Å². The van der Waals surface area contributed by atoms with Crippen LogP contribution in [-0.2, 0) is 6.42 Å². The van der Waals surface area contributed by atoms with Gasteiger partial charge in [-0.3, -0.25) is 10.1 Å². The number of para-hydroxylation sites is 1. The SMILES string of the molecule is O=[N+]([O-])c1ccc(Br)cc1Oc1cccc2c1NCCC2. The molecule has 1 aliphatic heterocycles. The molecule has 1 N–H and O–H groups in total. The number of rotatable bonds is 3. The topological polar surface area (TPSA) is 64.4 Å². The molecule has 0 amide bonds. The van der Waals surface area contributed by atoms with Crippen molar-refractivity contribution in [2.45, 2.75) is 12.8 Å². The van der Waals surface area contributed by atoms with Crippen molar-refractivity contribution < 1.29 is 9.66 Å². The van der Waals surface area contributed by atoms with E-state index in [1.165, 1.54) is 11.6 Å². The molecule has 0 aromatic heterocycles. The first-order chi connectivity index (χ1) is 10.1. The molecule has 0 aliphatic carbocycles. The van der Waals surface area contributed by atoms with Crippen LogP contribution in [-0.4, -0.2) is 11.5 Å². The van der Waals surface area contributed by atoms with E-state index in [9.17, 15) is 10.1 Å². The molecule has 1 heterocycles. The fraction of sp³-hybridized carbons (Fsp3) is 0.200. The maximum absolute atomic E-state index is 11.1. The van der Waals surface area contributed by atoms with Crippen molar-refractivity contribution in [1.29, 1.82) is 0 Å². The van der Waals surface area contributed by atoms with E-state index in [4.69, 9.17) is 4.74 Å². The highest BCUT2D eigenvalue weighted by atomic mass is 79.9. The molecule has 0 spiro atoms. The number of nitro benzene ring substituents is 1. The average Bonchev–Trinajstić information content (AvgIpc) is 2.47. The van der Waals surface area contributed by atoms with E-state index in [2.05, 4.69) is 21.2 Å². The van der Waals surface area contributed by atoms with Crippen LogP contribution in [0.25, 0.3) is 0 Å². The maximum Gasteiger partial charge on any atom is 0.311 e. The first-order valence-electron chi connectivity index (χ1n) is 6.63. The van der Waals surface area contributed by atoms with Gasteiger partial charge < -0.3 is 10.1 Å².